The second kappa shape index (κ2) is 27.3. The van der Waals surface area contributed by atoms with Crippen LogP contribution >= 0.6 is 0 Å². The summed E-state index contributed by atoms with van der Waals surface area (Å²) in [5.41, 5.74) is 13.5. The van der Waals surface area contributed by atoms with E-state index in [0.29, 0.717) is 0 Å². The van der Waals surface area contributed by atoms with Crippen LogP contribution in [0.25, 0.3) is 0 Å². The molecule has 1 aliphatic carbocycles. The first-order chi connectivity index (χ1) is 27.8. The molecule has 2 heterocycles. The number of likely N-dealkylation sites (N-methyl/N-ethyl adjacent to an activating group) is 1. The lowest BCUT2D eigenvalue weighted by Crippen LogP contribution is -3.00. The van der Waals surface area contributed by atoms with Crippen LogP contribution in [-0.2, 0) is 23.7 Å². The molecule has 22 heteroatoms. The number of aliphatic hydroxyl groups excluding tert-OH is 7. The molecule has 0 bridgehead atoms. The molecule has 0 unspecified atom stereocenters. The number of quaternary nitrogens is 1. The molecule has 3 rings (SSSR count). The molecule has 2 saturated heterocycles. The first kappa shape index (κ1) is 56.1. The fourth-order valence-electron chi connectivity index (χ4n) is 7.64. The van der Waals surface area contributed by atoms with Gasteiger partial charge in [-0.05, 0) is 19.9 Å². The number of hydrogen-bond acceptors (Lipinski definition) is 16. The van der Waals surface area contributed by atoms with Crippen LogP contribution in [0.5, 0.6) is 0 Å². The number of nitrogens with zero attached hydrogens (tertiary/aromatic N) is 2. The molecule has 60 heavy (non-hydrogen) atoms. The number of hydrogen-bond donors (Lipinski definition) is 14. The Kier molecular flexibility index (Phi) is 25.6. The van der Waals surface area contributed by atoms with E-state index in [4.69, 9.17) is 41.6 Å². The number of aliphatic hydroxyl groups is 8. The van der Waals surface area contributed by atoms with Gasteiger partial charge in [-0.3, -0.25) is 10.2 Å². The first-order valence-electron chi connectivity index (χ1n) is 20.9. The van der Waals surface area contributed by atoms with Gasteiger partial charge in [0, 0.05) is 0 Å². The van der Waals surface area contributed by atoms with E-state index in [0.717, 1.165) is 4.48 Å². The van der Waals surface area contributed by atoms with Gasteiger partial charge in [0.25, 0.3) is 0 Å². The Bertz CT molecular complexity index is 1260. The number of aliphatic imine (C=N–C) groups is 1. The number of halogens is 1. The van der Waals surface area contributed by atoms with Gasteiger partial charge in [-0.2, -0.15) is 0 Å². The fourth-order valence-corrected chi connectivity index (χ4v) is 7.64. The van der Waals surface area contributed by atoms with Gasteiger partial charge in [0.1, 0.15) is 61.0 Å². The van der Waals surface area contributed by atoms with Crippen molar-refractivity contribution in [2.24, 2.45) is 22.2 Å². The number of unbranched alkanes of at least 4 members (excludes halogenated alkanes) is 11. The number of rotatable bonds is 23. The van der Waals surface area contributed by atoms with Crippen molar-refractivity contribution in [1.82, 2.24) is 10.6 Å². The zero-order valence-corrected chi connectivity index (χ0v) is 37.5. The smallest absolute Gasteiger partial charge is 0.188 e. The van der Waals surface area contributed by atoms with Gasteiger partial charge in [-0.25, -0.2) is 4.99 Å². The quantitative estimate of drug-likeness (QED) is 0.0149. The van der Waals surface area contributed by atoms with Gasteiger partial charge < -0.3 is 109 Å². The molecule has 0 spiro atoms. The van der Waals surface area contributed by atoms with Gasteiger partial charge >= 0.3 is 0 Å². The number of ether oxygens (including phenoxy) is 4. The number of nitrogens with two attached hydrogens (primary N) is 3. The average molecular weight is 934 g/mol. The van der Waals surface area contributed by atoms with Crippen LogP contribution in [0.2, 0.25) is 0 Å². The standard InChI is InChI=1S/C21H39N7O13.C17H38N.BrH/c1-26-9-13(35)10(32)5(2-29)38-17(9)41-16-18(39-6(3-30)21(16,37)4-31)40-15-8(28-20(24)25)11(33)7(27-19(22)23)12(34)14(15)36;1-5-6-7-8-9-10-11-12-13-14-15-16-17-18(2,3)4;/h4-18,26,29-30,32-37H,2-3H2,1H3,(H4,22,23,27)(H4,24,25,28);5-17H2,1-4H3;1H/q;+1;/p-1/t5-,6-,7+,8-,9-,10-,11+,12-,13-,14+,15+,16-,17-,18-,21+;;/m0../s1. The number of aldehydes is 1. The van der Waals surface area contributed by atoms with Crippen LogP contribution in [0.3, 0.4) is 0 Å². The summed E-state index contributed by atoms with van der Waals surface area (Å²) in [6.45, 7) is 1.94. The maximum Gasteiger partial charge on any atom is 0.188 e. The highest BCUT2D eigenvalue weighted by Crippen LogP contribution is 2.38. The van der Waals surface area contributed by atoms with E-state index in [-0.39, 0.29) is 23.3 Å². The summed E-state index contributed by atoms with van der Waals surface area (Å²) in [4.78, 5) is 15.8. The van der Waals surface area contributed by atoms with Gasteiger partial charge in [-0.15, -0.1) is 0 Å². The highest BCUT2D eigenvalue weighted by molar-refractivity contribution is 5.76. The van der Waals surface area contributed by atoms with Crippen molar-refractivity contribution in [3.8, 4) is 0 Å². The molecule has 0 amide bonds. The van der Waals surface area contributed by atoms with E-state index in [1.807, 2.05) is 0 Å². The maximum absolute atomic E-state index is 12.1. The van der Waals surface area contributed by atoms with Gasteiger partial charge in [0.05, 0.1) is 53.0 Å². The zero-order valence-electron chi connectivity index (χ0n) is 35.9. The fraction of sp³-hybridized carbons (Fsp3) is 0.921. The predicted molar refractivity (Wildman–Crippen MR) is 218 cm³/mol. The third-order valence-corrected chi connectivity index (χ3v) is 11.1. The van der Waals surface area contributed by atoms with E-state index in [2.05, 4.69) is 43.7 Å². The van der Waals surface area contributed by atoms with E-state index >= 15 is 0 Å². The van der Waals surface area contributed by atoms with Crippen LogP contribution in [0.4, 0.5) is 0 Å². The summed E-state index contributed by atoms with van der Waals surface area (Å²) >= 11 is 0. The van der Waals surface area contributed by atoms with Crippen LogP contribution in [0, 0.1) is 5.41 Å². The van der Waals surface area contributed by atoms with Crippen LogP contribution in [0.15, 0.2) is 4.99 Å². The van der Waals surface area contributed by atoms with E-state index < -0.39 is 116 Å². The predicted octanol–water partition coefficient (Wildman–Crippen LogP) is -6.58. The van der Waals surface area contributed by atoms with Gasteiger partial charge in [0.2, 0.25) is 0 Å². The Hall–Kier alpha value is -1.87. The second-order valence-corrected chi connectivity index (χ2v) is 16.9. The van der Waals surface area contributed by atoms with Crippen molar-refractivity contribution in [2.45, 2.75) is 175 Å². The molecular weight excluding hydrogens is 856 g/mol. The maximum atomic E-state index is 12.1. The largest absolute Gasteiger partial charge is 1.00 e. The third kappa shape index (κ3) is 16.4. The molecule has 3 fully saturated rings. The lowest BCUT2D eigenvalue weighted by Gasteiger charge is -2.46. The van der Waals surface area contributed by atoms with E-state index in [1.165, 1.54) is 90.6 Å². The first-order valence-corrected chi connectivity index (χ1v) is 20.9. The summed E-state index contributed by atoms with van der Waals surface area (Å²) in [6, 6.07) is -4.18. The summed E-state index contributed by atoms with van der Waals surface area (Å²) in [7, 11) is 8.25. The highest BCUT2D eigenvalue weighted by Gasteiger charge is 2.62. The van der Waals surface area contributed by atoms with Crippen LogP contribution < -0.4 is 44.8 Å². The molecule has 2 aliphatic heterocycles. The zero-order chi connectivity index (χ0) is 44.5. The topological polar surface area (TPSA) is 354 Å². The molecule has 15 atom stereocenters. The van der Waals surface area contributed by atoms with Crippen LogP contribution in [-0.4, -0.2) is 203 Å². The second-order valence-electron chi connectivity index (χ2n) is 16.9. The average Bonchev–Trinajstić information content (AvgIpc) is 3.44. The minimum Gasteiger partial charge on any atom is -1.00 e. The molecule has 0 aromatic rings. The number of nitrogens with one attached hydrogen (secondary N) is 3. The molecular formula is C38H77BrN8O13. The molecule has 354 valence electrons. The monoisotopic (exact) mass is 932 g/mol. The van der Waals surface area contributed by atoms with Crippen molar-refractivity contribution in [1.29, 1.82) is 5.41 Å². The lowest BCUT2D eigenvalue weighted by atomic mass is 9.81. The Morgan fingerprint density at radius 1 is 0.783 bits per heavy atom. The summed E-state index contributed by atoms with van der Waals surface area (Å²) in [5.74, 6) is -1.22. The Morgan fingerprint density at radius 3 is 1.78 bits per heavy atom. The van der Waals surface area contributed by atoms with Crippen molar-refractivity contribution < 1.29 is 86.1 Å². The van der Waals surface area contributed by atoms with Crippen molar-refractivity contribution in [2.75, 3.05) is 47.9 Å². The molecule has 1 saturated carbocycles. The molecule has 17 N–H and O–H groups in total. The summed E-state index contributed by atoms with van der Waals surface area (Å²) in [5, 5.41) is 96.5. The number of carbonyl (C=O) groups is 1. The van der Waals surface area contributed by atoms with Gasteiger partial charge in [0.15, 0.2) is 36.4 Å². The third-order valence-electron chi connectivity index (χ3n) is 11.1. The van der Waals surface area contributed by atoms with E-state index in [9.17, 15) is 45.6 Å². The molecule has 21 nitrogen and oxygen atoms in total. The Morgan fingerprint density at radius 2 is 1.33 bits per heavy atom. The highest BCUT2D eigenvalue weighted by atomic mass is 79.9. The van der Waals surface area contributed by atoms with Crippen molar-refractivity contribution >= 4 is 18.2 Å². The van der Waals surface area contributed by atoms with Crippen molar-refractivity contribution in [3.63, 3.8) is 0 Å². The normalized spacial score (nSPS) is 35.4. The Labute approximate surface area is 364 Å². The number of carbonyl (C=O) groups excluding carboxylic acids is 1. The molecule has 0 aromatic carbocycles. The van der Waals surface area contributed by atoms with E-state index in [1.54, 1.807) is 0 Å². The molecule has 0 radical (unpaired) electrons. The number of guanidine groups is 2. The SMILES string of the molecule is CCCCCCCCCCCCCC[N+](C)(C)C.CN[C@@H]1[C@H](O[C@H]2[C@H](O[C@H]3[C@H](O)[C@@H](O)[C@H](N=C(N)N)[C@@H](O)[C@@H]3NC(=N)N)O[C@@H](CO)[C@]2(O)C=O)O[C@@H](CO)[C@H](O)[C@H]1O.[Br-]. The van der Waals surface area contributed by atoms with Crippen LogP contribution in [0.1, 0.15) is 84.0 Å². The van der Waals surface area contributed by atoms with Crippen molar-refractivity contribution in [3.05, 3.63) is 0 Å². The summed E-state index contributed by atoms with van der Waals surface area (Å²) < 4.78 is 23.8. The minimum atomic E-state index is -2.63. The molecule has 0 aromatic heterocycles. The Balaban J connectivity index is 0.000000800. The lowest BCUT2D eigenvalue weighted by molar-refractivity contribution is -0.870. The minimum absolute atomic E-state index is 0. The van der Waals surface area contributed by atoms with Gasteiger partial charge in [-0.1, -0.05) is 71.1 Å². The summed E-state index contributed by atoms with van der Waals surface area (Å²) in [6.07, 6.45) is -1.21. The molecule has 3 aliphatic rings.